The van der Waals surface area contributed by atoms with E-state index in [4.69, 9.17) is 5.11 Å². The lowest BCUT2D eigenvalue weighted by Crippen LogP contribution is -2.45. The van der Waals surface area contributed by atoms with Gasteiger partial charge in [-0.3, -0.25) is 4.79 Å². The molecule has 1 heterocycles. The minimum absolute atomic E-state index is 0.151. The van der Waals surface area contributed by atoms with Crippen molar-refractivity contribution >= 4 is 21.8 Å². The first-order chi connectivity index (χ1) is 11.2. The highest BCUT2D eigenvalue weighted by Gasteiger charge is 2.31. The van der Waals surface area contributed by atoms with Gasteiger partial charge >= 0.3 is 12.0 Å². The molecule has 7 nitrogen and oxygen atoms in total. The van der Waals surface area contributed by atoms with Crippen molar-refractivity contribution in [3.8, 4) is 0 Å². The highest BCUT2D eigenvalue weighted by Crippen LogP contribution is 2.17. The summed E-state index contributed by atoms with van der Waals surface area (Å²) in [6, 6.07) is 5.56. The first kappa shape index (κ1) is 18.3. The number of nitrogens with one attached hydrogen (secondary N) is 1. The molecular weight excluding hydrogens is 332 g/mol. The second-order valence-electron chi connectivity index (χ2n) is 6.21. The third kappa shape index (κ3) is 4.47. The molecule has 0 bridgehead atoms. The molecule has 1 aromatic carbocycles. The van der Waals surface area contributed by atoms with Crippen LogP contribution in [0.15, 0.2) is 29.2 Å². The van der Waals surface area contributed by atoms with Crippen LogP contribution in [0.4, 0.5) is 4.79 Å². The first-order valence-corrected chi connectivity index (χ1v) is 9.42. The smallest absolute Gasteiger partial charge is 0.317 e. The van der Waals surface area contributed by atoms with E-state index >= 15 is 0 Å². The molecule has 8 heteroatoms. The van der Waals surface area contributed by atoms with Crippen molar-refractivity contribution in [1.82, 2.24) is 10.2 Å². The fraction of sp³-hybridized carbons (Fsp3) is 0.500. The third-order valence-electron chi connectivity index (χ3n) is 4.04. The standard InChI is InChI=1S/C16H22N2O5S/c1-11-3-5-14(6-4-11)24(22,23)10-12(2)17-16(21)18-8-7-13(9-18)15(19)20/h3-6,12-13H,7-10H2,1-2H3,(H,17,21)(H,19,20). The van der Waals surface area contributed by atoms with E-state index in [0.29, 0.717) is 13.0 Å². The molecule has 2 amide bonds. The minimum Gasteiger partial charge on any atom is -0.481 e. The molecule has 24 heavy (non-hydrogen) atoms. The van der Waals surface area contributed by atoms with E-state index in [9.17, 15) is 18.0 Å². The van der Waals surface area contributed by atoms with Crippen LogP contribution in [0.3, 0.4) is 0 Å². The summed E-state index contributed by atoms with van der Waals surface area (Å²) in [6.07, 6.45) is 0.415. The number of carboxylic acid groups (broad SMARTS) is 1. The van der Waals surface area contributed by atoms with Gasteiger partial charge in [-0.2, -0.15) is 0 Å². The van der Waals surface area contributed by atoms with E-state index < -0.39 is 33.8 Å². The Bertz CT molecular complexity index is 714. The van der Waals surface area contributed by atoms with Gasteiger partial charge in [0.05, 0.1) is 16.6 Å². The second-order valence-corrected chi connectivity index (χ2v) is 8.25. The number of carboxylic acids is 1. The molecule has 0 aromatic heterocycles. The van der Waals surface area contributed by atoms with Gasteiger partial charge in [-0.1, -0.05) is 17.7 Å². The molecule has 132 valence electrons. The van der Waals surface area contributed by atoms with Crippen LogP contribution < -0.4 is 5.32 Å². The molecule has 2 rings (SSSR count). The van der Waals surface area contributed by atoms with Crippen molar-refractivity contribution in [2.75, 3.05) is 18.8 Å². The fourth-order valence-corrected chi connectivity index (χ4v) is 4.15. The van der Waals surface area contributed by atoms with Crippen LogP contribution in [0.5, 0.6) is 0 Å². The van der Waals surface area contributed by atoms with Crippen LogP contribution in [0.2, 0.25) is 0 Å². The van der Waals surface area contributed by atoms with Crippen LogP contribution in [0.1, 0.15) is 18.9 Å². The molecule has 0 saturated carbocycles. The third-order valence-corrected chi connectivity index (χ3v) is 5.97. The number of hydrogen-bond donors (Lipinski definition) is 2. The molecule has 1 aliphatic heterocycles. The molecule has 1 saturated heterocycles. The van der Waals surface area contributed by atoms with Gasteiger partial charge in [-0.05, 0) is 32.4 Å². The Morgan fingerprint density at radius 2 is 1.96 bits per heavy atom. The molecule has 2 N–H and O–H groups in total. The molecule has 2 atom stereocenters. The number of likely N-dealkylation sites (tertiary alicyclic amines) is 1. The van der Waals surface area contributed by atoms with E-state index in [2.05, 4.69) is 5.32 Å². The largest absolute Gasteiger partial charge is 0.481 e. The molecule has 0 aliphatic carbocycles. The number of urea groups is 1. The van der Waals surface area contributed by atoms with Gasteiger partial charge in [0, 0.05) is 19.1 Å². The molecular formula is C16H22N2O5S. The quantitative estimate of drug-likeness (QED) is 0.829. The highest BCUT2D eigenvalue weighted by molar-refractivity contribution is 7.91. The van der Waals surface area contributed by atoms with E-state index in [-0.39, 0.29) is 17.2 Å². The van der Waals surface area contributed by atoms with Crippen molar-refractivity contribution in [2.24, 2.45) is 5.92 Å². The van der Waals surface area contributed by atoms with Gasteiger partial charge in [0.15, 0.2) is 9.84 Å². The Labute approximate surface area is 141 Å². The Morgan fingerprint density at radius 3 is 2.50 bits per heavy atom. The predicted octanol–water partition coefficient (Wildman–Crippen LogP) is 1.27. The zero-order chi connectivity index (χ0) is 17.9. The van der Waals surface area contributed by atoms with Crippen LogP contribution in [-0.2, 0) is 14.6 Å². The highest BCUT2D eigenvalue weighted by atomic mass is 32.2. The summed E-state index contributed by atoms with van der Waals surface area (Å²) in [5, 5.41) is 11.6. The Kier molecular flexibility index (Phi) is 5.48. The zero-order valence-corrected chi connectivity index (χ0v) is 14.5. The van der Waals surface area contributed by atoms with Gasteiger partial charge < -0.3 is 15.3 Å². The Balaban J connectivity index is 1.93. The number of rotatable bonds is 5. The predicted molar refractivity (Wildman–Crippen MR) is 88.5 cm³/mol. The number of carbonyl (C=O) groups excluding carboxylic acids is 1. The average molecular weight is 354 g/mol. The summed E-state index contributed by atoms with van der Waals surface area (Å²) < 4.78 is 24.7. The number of sulfone groups is 1. The van der Waals surface area contributed by atoms with E-state index in [1.807, 2.05) is 6.92 Å². The summed E-state index contributed by atoms with van der Waals surface area (Å²) in [6.45, 7) is 4.01. The topological polar surface area (TPSA) is 104 Å². The Hall–Kier alpha value is -2.09. The van der Waals surface area contributed by atoms with Crippen molar-refractivity contribution in [3.63, 3.8) is 0 Å². The lowest BCUT2D eigenvalue weighted by Gasteiger charge is -2.20. The van der Waals surface area contributed by atoms with Gasteiger partial charge in [0.1, 0.15) is 0 Å². The zero-order valence-electron chi connectivity index (χ0n) is 13.7. The molecule has 1 fully saturated rings. The number of amides is 2. The summed E-state index contributed by atoms with van der Waals surface area (Å²) in [5.74, 6) is -1.68. The maximum Gasteiger partial charge on any atom is 0.317 e. The number of aliphatic carboxylic acids is 1. The second kappa shape index (κ2) is 7.21. The number of benzene rings is 1. The van der Waals surface area contributed by atoms with Crippen molar-refractivity contribution in [3.05, 3.63) is 29.8 Å². The summed E-state index contributed by atoms with van der Waals surface area (Å²) in [7, 11) is -3.50. The van der Waals surface area contributed by atoms with Crippen LogP contribution >= 0.6 is 0 Å². The maximum absolute atomic E-state index is 12.4. The van der Waals surface area contributed by atoms with E-state index in [0.717, 1.165) is 5.56 Å². The van der Waals surface area contributed by atoms with Gasteiger partial charge in [0.2, 0.25) is 0 Å². The van der Waals surface area contributed by atoms with Gasteiger partial charge in [-0.25, -0.2) is 13.2 Å². The van der Waals surface area contributed by atoms with Crippen molar-refractivity contribution in [1.29, 1.82) is 0 Å². The molecule has 1 aliphatic rings. The normalized spacial score (nSPS) is 19.1. The van der Waals surface area contributed by atoms with Crippen molar-refractivity contribution < 1.29 is 23.1 Å². The summed E-state index contributed by atoms with van der Waals surface area (Å²) >= 11 is 0. The maximum atomic E-state index is 12.4. The summed E-state index contributed by atoms with van der Waals surface area (Å²) in [5.41, 5.74) is 0.970. The Morgan fingerprint density at radius 1 is 1.33 bits per heavy atom. The minimum atomic E-state index is -3.50. The average Bonchev–Trinajstić information content (AvgIpc) is 2.97. The van der Waals surface area contributed by atoms with Gasteiger partial charge in [0.25, 0.3) is 0 Å². The lowest BCUT2D eigenvalue weighted by atomic mass is 10.1. The van der Waals surface area contributed by atoms with Gasteiger partial charge in [-0.15, -0.1) is 0 Å². The SMILES string of the molecule is Cc1ccc(S(=O)(=O)CC(C)NC(=O)N2CCC(C(=O)O)C2)cc1. The number of hydrogen-bond acceptors (Lipinski definition) is 4. The van der Waals surface area contributed by atoms with E-state index in [1.165, 1.54) is 4.90 Å². The molecule has 1 aromatic rings. The summed E-state index contributed by atoms with van der Waals surface area (Å²) in [4.78, 5) is 24.7. The van der Waals surface area contributed by atoms with Crippen LogP contribution in [0, 0.1) is 12.8 Å². The molecule has 0 radical (unpaired) electrons. The molecule has 0 spiro atoms. The molecule has 2 unspecified atom stereocenters. The van der Waals surface area contributed by atoms with Crippen LogP contribution in [-0.4, -0.2) is 55.3 Å². The monoisotopic (exact) mass is 354 g/mol. The number of carbonyl (C=O) groups is 2. The number of nitrogens with zero attached hydrogens (tertiary/aromatic N) is 1. The van der Waals surface area contributed by atoms with Crippen LogP contribution in [0.25, 0.3) is 0 Å². The fourth-order valence-electron chi connectivity index (χ4n) is 2.66. The first-order valence-electron chi connectivity index (χ1n) is 7.76. The van der Waals surface area contributed by atoms with E-state index in [1.54, 1.807) is 31.2 Å². The number of aryl methyl sites for hydroxylation is 1. The lowest BCUT2D eigenvalue weighted by molar-refractivity contribution is -0.141. The van der Waals surface area contributed by atoms with Crippen molar-refractivity contribution in [2.45, 2.75) is 31.2 Å².